The van der Waals surface area contributed by atoms with Crippen molar-refractivity contribution in [3.05, 3.63) is 83.5 Å². The minimum Gasteiger partial charge on any atom is -0.445 e. The molecule has 0 unspecified atom stereocenters. The van der Waals surface area contributed by atoms with Gasteiger partial charge in [-0.25, -0.2) is 14.8 Å². The number of imidazole rings is 1. The van der Waals surface area contributed by atoms with Gasteiger partial charge in [-0.15, -0.1) is 0 Å². The lowest BCUT2D eigenvalue weighted by atomic mass is 10.1. The molecule has 0 bridgehead atoms. The average Bonchev–Trinajstić information content (AvgIpc) is 3.49. The van der Waals surface area contributed by atoms with Crippen molar-refractivity contribution in [2.45, 2.75) is 13.0 Å². The molecular formula is C24H26N6O2. The summed E-state index contributed by atoms with van der Waals surface area (Å²) in [6, 6.07) is 11.7. The third-order valence-electron chi connectivity index (χ3n) is 5.96. The van der Waals surface area contributed by atoms with Crippen LogP contribution in [-0.4, -0.2) is 57.2 Å². The number of anilines is 1. The standard InChI is InChI=1S/C24H26N6O2/c1-27-12-14-28(15-13-27)22-19(3-2-9-25-22)8-11-29-16-17-30(24(29)31)21-6-4-20(5-7-21)23-26-10-18-32-23/h2-7,9-10,16-18H,8,11-15H2,1H3. The van der Waals surface area contributed by atoms with Gasteiger partial charge >= 0.3 is 5.69 Å². The highest BCUT2D eigenvalue weighted by Crippen LogP contribution is 2.20. The zero-order chi connectivity index (χ0) is 21.9. The summed E-state index contributed by atoms with van der Waals surface area (Å²) in [7, 11) is 2.15. The highest BCUT2D eigenvalue weighted by atomic mass is 16.3. The second kappa shape index (κ2) is 8.84. The molecule has 8 nitrogen and oxygen atoms in total. The van der Waals surface area contributed by atoms with E-state index in [1.165, 1.54) is 5.56 Å². The summed E-state index contributed by atoms with van der Waals surface area (Å²) in [6.45, 7) is 4.62. The maximum absolute atomic E-state index is 13.0. The monoisotopic (exact) mass is 430 g/mol. The molecule has 0 aliphatic carbocycles. The van der Waals surface area contributed by atoms with Gasteiger partial charge < -0.3 is 14.2 Å². The summed E-state index contributed by atoms with van der Waals surface area (Å²) in [6.07, 6.45) is 9.42. The quantitative estimate of drug-likeness (QED) is 0.468. The summed E-state index contributed by atoms with van der Waals surface area (Å²) in [5.41, 5.74) is 2.80. The first-order chi connectivity index (χ1) is 15.7. The topological polar surface area (TPSA) is 72.3 Å². The van der Waals surface area contributed by atoms with Crippen LogP contribution in [0.3, 0.4) is 0 Å². The number of pyridine rings is 1. The SMILES string of the molecule is CN1CCN(c2ncccc2CCn2ccn(-c3ccc(-c4ncco4)cc3)c2=O)CC1. The van der Waals surface area contributed by atoms with Crippen LogP contribution in [0, 0.1) is 0 Å². The minimum atomic E-state index is -0.0566. The van der Waals surface area contributed by atoms with E-state index >= 15 is 0 Å². The van der Waals surface area contributed by atoms with Gasteiger partial charge in [0.05, 0.1) is 11.9 Å². The molecule has 1 aromatic carbocycles. The number of benzene rings is 1. The molecule has 1 fully saturated rings. The van der Waals surface area contributed by atoms with Crippen LogP contribution in [0.1, 0.15) is 5.56 Å². The molecule has 0 radical (unpaired) electrons. The van der Waals surface area contributed by atoms with E-state index in [0.717, 1.165) is 49.7 Å². The van der Waals surface area contributed by atoms with Crippen molar-refractivity contribution >= 4 is 5.82 Å². The van der Waals surface area contributed by atoms with Crippen molar-refractivity contribution in [3.8, 4) is 17.1 Å². The fourth-order valence-corrected chi connectivity index (χ4v) is 4.08. The summed E-state index contributed by atoms with van der Waals surface area (Å²) in [5.74, 6) is 1.60. The van der Waals surface area contributed by atoms with E-state index < -0.39 is 0 Å². The zero-order valence-electron chi connectivity index (χ0n) is 18.1. The van der Waals surface area contributed by atoms with Crippen molar-refractivity contribution < 1.29 is 4.42 Å². The zero-order valence-corrected chi connectivity index (χ0v) is 18.1. The number of likely N-dealkylation sites (N-methyl/N-ethyl adjacent to an activating group) is 1. The second-order valence-corrected chi connectivity index (χ2v) is 8.05. The molecule has 0 saturated carbocycles. The Morgan fingerprint density at radius 1 is 0.969 bits per heavy atom. The summed E-state index contributed by atoms with van der Waals surface area (Å²) >= 11 is 0. The molecule has 32 heavy (non-hydrogen) atoms. The molecule has 0 amide bonds. The van der Waals surface area contributed by atoms with Crippen LogP contribution in [0.25, 0.3) is 17.1 Å². The molecule has 1 aliphatic rings. The predicted molar refractivity (Wildman–Crippen MR) is 123 cm³/mol. The van der Waals surface area contributed by atoms with Crippen molar-refractivity contribution in [1.29, 1.82) is 0 Å². The summed E-state index contributed by atoms with van der Waals surface area (Å²) < 4.78 is 8.74. The van der Waals surface area contributed by atoms with Crippen LogP contribution in [0.5, 0.6) is 0 Å². The highest BCUT2D eigenvalue weighted by molar-refractivity contribution is 5.55. The van der Waals surface area contributed by atoms with Crippen LogP contribution in [-0.2, 0) is 13.0 Å². The number of hydrogen-bond donors (Lipinski definition) is 0. The Labute approximate surface area is 186 Å². The van der Waals surface area contributed by atoms with E-state index in [4.69, 9.17) is 4.42 Å². The smallest absolute Gasteiger partial charge is 0.332 e. The van der Waals surface area contributed by atoms with Gasteiger partial charge in [-0.3, -0.25) is 9.13 Å². The third kappa shape index (κ3) is 4.09. The van der Waals surface area contributed by atoms with E-state index in [-0.39, 0.29) is 5.69 Å². The molecule has 0 spiro atoms. The number of rotatable bonds is 6. The van der Waals surface area contributed by atoms with Crippen LogP contribution in [0.4, 0.5) is 5.82 Å². The molecule has 4 aromatic rings. The molecule has 164 valence electrons. The number of aromatic nitrogens is 4. The number of hydrogen-bond acceptors (Lipinski definition) is 6. The van der Waals surface area contributed by atoms with Crippen molar-refractivity contribution in [2.24, 2.45) is 0 Å². The van der Waals surface area contributed by atoms with Gasteiger partial charge in [-0.05, 0) is 49.4 Å². The van der Waals surface area contributed by atoms with E-state index in [9.17, 15) is 4.79 Å². The first kappa shape index (κ1) is 20.3. The third-order valence-corrected chi connectivity index (χ3v) is 5.96. The Morgan fingerprint density at radius 2 is 1.78 bits per heavy atom. The first-order valence-corrected chi connectivity index (χ1v) is 10.8. The van der Waals surface area contributed by atoms with Gasteiger partial charge in [0.25, 0.3) is 0 Å². The van der Waals surface area contributed by atoms with Gasteiger partial charge in [0, 0.05) is 56.9 Å². The van der Waals surface area contributed by atoms with E-state index in [1.807, 2.05) is 48.9 Å². The van der Waals surface area contributed by atoms with Gasteiger partial charge in [0.1, 0.15) is 12.1 Å². The predicted octanol–water partition coefficient (Wildman–Crippen LogP) is 2.68. The Bertz CT molecular complexity index is 1220. The lowest BCUT2D eigenvalue weighted by Gasteiger charge is -2.34. The van der Waals surface area contributed by atoms with E-state index in [0.29, 0.717) is 12.4 Å². The fraction of sp³-hybridized carbons (Fsp3) is 0.292. The largest absolute Gasteiger partial charge is 0.445 e. The minimum absolute atomic E-state index is 0.0566. The van der Waals surface area contributed by atoms with E-state index in [1.54, 1.807) is 21.6 Å². The molecule has 4 heterocycles. The van der Waals surface area contributed by atoms with Crippen molar-refractivity contribution in [1.82, 2.24) is 24.0 Å². The Kier molecular flexibility index (Phi) is 5.60. The summed E-state index contributed by atoms with van der Waals surface area (Å²) in [5, 5.41) is 0. The Hall–Kier alpha value is -3.65. The normalized spacial score (nSPS) is 14.7. The molecule has 8 heteroatoms. The van der Waals surface area contributed by atoms with Crippen LogP contribution < -0.4 is 10.6 Å². The van der Waals surface area contributed by atoms with Gasteiger partial charge in [-0.1, -0.05) is 6.07 Å². The highest BCUT2D eigenvalue weighted by Gasteiger charge is 2.18. The lowest BCUT2D eigenvalue weighted by molar-refractivity contribution is 0.311. The lowest BCUT2D eigenvalue weighted by Crippen LogP contribution is -2.45. The molecule has 1 aliphatic heterocycles. The number of aryl methyl sites for hydroxylation is 2. The molecule has 1 saturated heterocycles. The molecular weight excluding hydrogens is 404 g/mol. The van der Waals surface area contributed by atoms with Crippen LogP contribution in [0.2, 0.25) is 0 Å². The molecule has 0 atom stereocenters. The maximum Gasteiger partial charge on any atom is 0.332 e. The number of nitrogens with zero attached hydrogens (tertiary/aromatic N) is 6. The maximum atomic E-state index is 13.0. The van der Waals surface area contributed by atoms with Crippen molar-refractivity contribution in [3.63, 3.8) is 0 Å². The van der Waals surface area contributed by atoms with Gasteiger partial charge in [-0.2, -0.15) is 0 Å². The second-order valence-electron chi connectivity index (χ2n) is 8.05. The summed E-state index contributed by atoms with van der Waals surface area (Å²) in [4.78, 5) is 26.5. The Balaban J connectivity index is 1.31. The van der Waals surface area contributed by atoms with Crippen LogP contribution in [0.15, 0.2) is 76.7 Å². The molecule has 5 rings (SSSR count). The molecule has 3 aromatic heterocycles. The van der Waals surface area contributed by atoms with Gasteiger partial charge in [0.15, 0.2) is 0 Å². The van der Waals surface area contributed by atoms with E-state index in [2.05, 4.69) is 32.9 Å². The average molecular weight is 431 g/mol. The first-order valence-electron chi connectivity index (χ1n) is 10.8. The van der Waals surface area contributed by atoms with Crippen molar-refractivity contribution in [2.75, 3.05) is 38.1 Å². The number of piperazine rings is 1. The Morgan fingerprint density at radius 3 is 2.53 bits per heavy atom. The fourth-order valence-electron chi connectivity index (χ4n) is 4.08. The van der Waals surface area contributed by atoms with Crippen LogP contribution >= 0.6 is 0 Å². The number of oxazole rings is 1. The molecule has 0 N–H and O–H groups in total. The van der Waals surface area contributed by atoms with Gasteiger partial charge in [0.2, 0.25) is 5.89 Å².